The molecule has 0 bridgehead atoms. The first-order chi connectivity index (χ1) is 7.71. The van der Waals surface area contributed by atoms with Crippen molar-refractivity contribution in [2.45, 2.75) is 5.60 Å². The molecule has 0 fully saturated rings. The molecule has 2 heteroatoms. The fourth-order valence-electron chi connectivity index (χ4n) is 1.49. The van der Waals surface area contributed by atoms with Crippen LogP contribution in [-0.4, -0.2) is 17.3 Å². The molecule has 0 saturated heterocycles. The average molecular weight is 214 g/mol. The lowest BCUT2D eigenvalue weighted by molar-refractivity contribution is 0.0719. The third-order valence-corrected chi connectivity index (χ3v) is 2.54. The van der Waals surface area contributed by atoms with Crippen LogP contribution in [0.25, 0.3) is 0 Å². The second-order valence-corrected chi connectivity index (χ2v) is 3.77. The molecule has 1 aliphatic carbocycles. The standard InChI is InChI=1S/C14H14O2/c1-12-7-5-6-10-14(12,15)11-16-13-8-3-2-4-9-13/h2-10,15H,1,11H2. The Morgan fingerprint density at radius 2 is 1.94 bits per heavy atom. The van der Waals surface area contributed by atoms with Crippen LogP contribution in [0.5, 0.6) is 5.75 Å². The summed E-state index contributed by atoms with van der Waals surface area (Å²) < 4.78 is 5.52. The highest BCUT2D eigenvalue weighted by Gasteiger charge is 2.28. The van der Waals surface area contributed by atoms with E-state index in [1.54, 1.807) is 18.2 Å². The summed E-state index contributed by atoms with van der Waals surface area (Å²) in [4.78, 5) is 0. The van der Waals surface area contributed by atoms with Gasteiger partial charge in [0.1, 0.15) is 18.0 Å². The normalized spacial score (nSPS) is 23.4. The molecule has 2 rings (SSSR count). The molecular formula is C14H14O2. The minimum absolute atomic E-state index is 0.177. The van der Waals surface area contributed by atoms with Crippen molar-refractivity contribution in [2.75, 3.05) is 6.61 Å². The SMILES string of the molecule is C=C1C=CC=CC1(O)COc1ccccc1. The minimum atomic E-state index is -1.09. The predicted molar refractivity (Wildman–Crippen MR) is 64.3 cm³/mol. The van der Waals surface area contributed by atoms with Crippen LogP contribution in [0.2, 0.25) is 0 Å². The maximum atomic E-state index is 10.2. The van der Waals surface area contributed by atoms with Crippen LogP contribution < -0.4 is 4.74 Å². The van der Waals surface area contributed by atoms with Crippen LogP contribution in [0.3, 0.4) is 0 Å². The fourth-order valence-corrected chi connectivity index (χ4v) is 1.49. The van der Waals surface area contributed by atoms with Gasteiger partial charge in [-0.25, -0.2) is 0 Å². The number of aliphatic hydroxyl groups is 1. The third-order valence-electron chi connectivity index (χ3n) is 2.54. The smallest absolute Gasteiger partial charge is 0.141 e. The molecule has 0 aromatic heterocycles. The average Bonchev–Trinajstić information content (AvgIpc) is 2.32. The Labute approximate surface area is 95.2 Å². The molecule has 1 N–H and O–H groups in total. The highest BCUT2D eigenvalue weighted by Crippen LogP contribution is 2.23. The maximum Gasteiger partial charge on any atom is 0.141 e. The highest BCUT2D eigenvalue weighted by molar-refractivity contribution is 5.39. The van der Waals surface area contributed by atoms with E-state index in [2.05, 4.69) is 6.58 Å². The van der Waals surface area contributed by atoms with Gasteiger partial charge < -0.3 is 9.84 Å². The number of ether oxygens (including phenoxy) is 1. The van der Waals surface area contributed by atoms with E-state index < -0.39 is 5.60 Å². The predicted octanol–water partition coefficient (Wildman–Crippen LogP) is 2.48. The van der Waals surface area contributed by atoms with Gasteiger partial charge in [-0.05, 0) is 23.8 Å². The van der Waals surface area contributed by atoms with Crippen molar-refractivity contribution in [1.82, 2.24) is 0 Å². The zero-order chi connectivity index (χ0) is 11.4. The molecule has 1 aromatic rings. The largest absolute Gasteiger partial charge is 0.490 e. The lowest BCUT2D eigenvalue weighted by Crippen LogP contribution is -2.35. The zero-order valence-electron chi connectivity index (χ0n) is 8.97. The summed E-state index contributed by atoms with van der Waals surface area (Å²) in [6.07, 6.45) is 7.12. The Bertz CT molecular complexity index is 431. The van der Waals surface area contributed by atoms with E-state index in [9.17, 15) is 5.11 Å². The summed E-state index contributed by atoms with van der Waals surface area (Å²) in [6, 6.07) is 9.42. The molecule has 1 atom stereocenters. The summed E-state index contributed by atoms with van der Waals surface area (Å²) in [6.45, 7) is 3.99. The first-order valence-electron chi connectivity index (χ1n) is 5.16. The van der Waals surface area contributed by atoms with Crippen molar-refractivity contribution >= 4 is 0 Å². The van der Waals surface area contributed by atoms with E-state index in [4.69, 9.17) is 4.74 Å². The summed E-state index contributed by atoms with van der Waals surface area (Å²) in [7, 11) is 0. The van der Waals surface area contributed by atoms with E-state index in [-0.39, 0.29) is 6.61 Å². The van der Waals surface area contributed by atoms with Crippen LogP contribution in [-0.2, 0) is 0 Å². The second-order valence-electron chi connectivity index (χ2n) is 3.77. The third kappa shape index (κ3) is 2.23. The second kappa shape index (κ2) is 4.37. The highest BCUT2D eigenvalue weighted by atomic mass is 16.5. The molecule has 16 heavy (non-hydrogen) atoms. The van der Waals surface area contributed by atoms with Gasteiger partial charge in [0.15, 0.2) is 0 Å². The Morgan fingerprint density at radius 1 is 1.19 bits per heavy atom. The van der Waals surface area contributed by atoms with Crippen molar-refractivity contribution in [3.8, 4) is 5.75 Å². The van der Waals surface area contributed by atoms with Gasteiger partial charge in [0.05, 0.1) is 0 Å². The molecule has 2 nitrogen and oxygen atoms in total. The van der Waals surface area contributed by atoms with Crippen LogP contribution in [0.1, 0.15) is 0 Å². The molecule has 82 valence electrons. The van der Waals surface area contributed by atoms with Crippen LogP contribution in [0.4, 0.5) is 0 Å². The van der Waals surface area contributed by atoms with Gasteiger partial charge >= 0.3 is 0 Å². The number of benzene rings is 1. The number of rotatable bonds is 3. The van der Waals surface area contributed by atoms with Gasteiger partial charge in [0.25, 0.3) is 0 Å². The Balaban J connectivity index is 2.03. The monoisotopic (exact) mass is 214 g/mol. The van der Waals surface area contributed by atoms with Gasteiger partial charge in [-0.2, -0.15) is 0 Å². The topological polar surface area (TPSA) is 29.5 Å². The Hall–Kier alpha value is -1.80. The lowest BCUT2D eigenvalue weighted by atomic mass is 9.92. The molecule has 0 saturated carbocycles. The number of allylic oxidation sites excluding steroid dienone is 2. The minimum Gasteiger partial charge on any atom is -0.490 e. The molecular weight excluding hydrogens is 200 g/mol. The van der Waals surface area contributed by atoms with Crippen molar-refractivity contribution in [1.29, 1.82) is 0 Å². The van der Waals surface area contributed by atoms with Crippen LogP contribution in [0, 0.1) is 0 Å². The molecule has 0 spiro atoms. The van der Waals surface area contributed by atoms with Gasteiger partial charge in [-0.3, -0.25) is 0 Å². The maximum absolute atomic E-state index is 10.2. The van der Waals surface area contributed by atoms with Crippen LogP contribution >= 0.6 is 0 Å². The van der Waals surface area contributed by atoms with Crippen molar-refractivity contribution < 1.29 is 9.84 Å². The summed E-state index contributed by atoms with van der Waals surface area (Å²) >= 11 is 0. The Morgan fingerprint density at radius 3 is 2.62 bits per heavy atom. The van der Waals surface area contributed by atoms with Crippen molar-refractivity contribution in [3.63, 3.8) is 0 Å². The molecule has 0 heterocycles. The van der Waals surface area contributed by atoms with Crippen LogP contribution in [0.15, 0.2) is 66.8 Å². The fraction of sp³-hybridized carbons (Fsp3) is 0.143. The van der Waals surface area contributed by atoms with Gasteiger partial charge in [0.2, 0.25) is 0 Å². The number of hydrogen-bond donors (Lipinski definition) is 1. The molecule has 0 radical (unpaired) electrons. The number of para-hydroxylation sites is 1. The van der Waals surface area contributed by atoms with E-state index in [1.165, 1.54) is 0 Å². The van der Waals surface area contributed by atoms with Gasteiger partial charge in [-0.15, -0.1) is 0 Å². The summed E-state index contributed by atoms with van der Waals surface area (Å²) in [5, 5.41) is 10.2. The quantitative estimate of drug-likeness (QED) is 0.837. The van der Waals surface area contributed by atoms with Crippen molar-refractivity contribution in [3.05, 3.63) is 66.8 Å². The zero-order valence-corrected chi connectivity index (χ0v) is 8.97. The molecule has 1 unspecified atom stereocenters. The first-order valence-corrected chi connectivity index (χ1v) is 5.16. The van der Waals surface area contributed by atoms with Gasteiger partial charge in [-0.1, -0.05) is 43.0 Å². The summed E-state index contributed by atoms with van der Waals surface area (Å²) in [5.41, 5.74) is -0.448. The van der Waals surface area contributed by atoms with E-state index in [0.29, 0.717) is 5.57 Å². The molecule has 0 amide bonds. The summed E-state index contributed by atoms with van der Waals surface area (Å²) in [5.74, 6) is 0.742. The lowest BCUT2D eigenvalue weighted by Gasteiger charge is -2.27. The number of hydrogen-bond acceptors (Lipinski definition) is 2. The molecule has 0 aliphatic heterocycles. The van der Waals surface area contributed by atoms with E-state index in [0.717, 1.165) is 5.75 Å². The molecule has 1 aliphatic rings. The van der Waals surface area contributed by atoms with Crippen molar-refractivity contribution in [2.24, 2.45) is 0 Å². The van der Waals surface area contributed by atoms with E-state index in [1.807, 2.05) is 36.4 Å². The van der Waals surface area contributed by atoms with E-state index >= 15 is 0 Å². The Kier molecular flexibility index (Phi) is 2.93. The first kappa shape index (κ1) is 10.7. The molecule has 1 aromatic carbocycles. The van der Waals surface area contributed by atoms with Gasteiger partial charge in [0, 0.05) is 0 Å².